The highest BCUT2D eigenvalue weighted by molar-refractivity contribution is 7.89. The molecule has 0 bridgehead atoms. The Hall–Kier alpha value is -2.18. The number of nitrogens with one attached hydrogen (secondary N) is 1. The quantitative estimate of drug-likeness (QED) is 0.734. The maximum Gasteiger partial charge on any atom is 0.258 e. The van der Waals surface area contributed by atoms with Crippen molar-refractivity contribution in [1.82, 2.24) is 4.72 Å². The van der Waals surface area contributed by atoms with Gasteiger partial charge in [0.2, 0.25) is 10.0 Å². The lowest BCUT2D eigenvalue weighted by Gasteiger charge is -2.21. The molecule has 0 spiro atoms. The van der Waals surface area contributed by atoms with Gasteiger partial charge in [-0.25, -0.2) is 13.1 Å². The van der Waals surface area contributed by atoms with E-state index in [1.165, 1.54) is 12.1 Å². The number of para-hydroxylation sites is 1. The lowest BCUT2D eigenvalue weighted by molar-refractivity contribution is 0.0988. The molecule has 0 aliphatic carbocycles. The summed E-state index contributed by atoms with van der Waals surface area (Å²) in [7, 11) is -3.53. The summed E-state index contributed by atoms with van der Waals surface area (Å²) in [6.45, 7) is 4.85. The molecule has 2 aromatic rings. The third-order valence-electron chi connectivity index (χ3n) is 3.86. The summed E-state index contributed by atoms with van der Waals surface area (Å²) in [4.78, 5) is 14.5. The van der Waals surface area contributed by atoms with Crippen LogP contribution in [-0.2, 0) is 10.0 Å². The van der Waals surface area contributed by atoms with Gasteiger partial charge >= 0.3 is 0 Å². The average Bonchev–Trinajstić information content (AvgIpc) is 2.63. The number of hydrogen-bond donors (Lipinski definition) is 1. The molecule has 2 aromatic carbocycles. The molecule has 0 atom stereocenters. The Labute approximate surface area is 149 Å². The fourth-order valence-electron chi connectivity index (χ4n) is 2.45. The summed E-state index contributed by atoms with van der Waals surface area (Å²) in [5.41, 5.74) is 1.27. The molecule has 1 N–H and O–H groups in total. The number of sulfonamides is 1. The predicted molar refractivity (Wildman–Crippen MR) is 100 cm³/mol. The number of amides is 1. The second-order valence-electron chi connectivity index (χ2n) is 5.66. The first-order valence-electron chi connectivity index (χ1n) is 8.46. The summed E-state index contributed by atoms with van der Waals surface area (Å²) in [6.07, 6.45) is 1.71. The summed E-state index contributed by atoms with van der Waals surface area (Å²) in [6, 6.07) is 15.5. The minimum Gasteiger partial charge on any atom is -0.309 e. The molecule has 0 saturated carbocycles. The van der Waals surface area contributed by atoms with Crippen LogP contribution < -0.4 is 9.62 Å². The average molecular weight is 360 g/mol. The van der Waals surface area contributed by atoms with E-state index in [2.05, 4.69) is 4.72 Å². The molecule has 0 aromatic heterocycles. The highest BCUT2D eigenvalue weighted by atomic mass is 32.2. The Morgan fingerprint density at radius 1 is 1.00 bits per heavy atom. The SMILES string of the molecule is CCCCNS(=O)(=O)c1ccc(C(=O)N(CC)c2ccccc2)cc1. The van der Waals surface area contributed by atoms with E-state index in [1.54, 1.807) is 17.0 Å². The van der Waals surface area contributed by atoms with Crippen LogP contribution >= 0.6 is 0 Å². The van der Waals surface area contributed by atoms with E-state index >= 15 is 0 Å². The summed E-state index contributed by atoms with van der Waals surface area (Å²) >= 11 is 0. The first kappa shape index (κ1) is 19.1. The number of anilines is 1. The Kier molecular flexibility index (Phi) is 6.73. The monoisotopic (exact) mass is 360 g/mol. The van der Waals surface area contributed by atoms with Gasteiger partial charge in [0.25, 0.3) is 5.91 Å². The molecule has 0 aliphatic heterocycles. The van der Waals surface area contributed by atoms with Gasteiger partial charge in [-0.1, -0.05) is 31.5 Å². The molecule has 2 rings (SSSR count). The second-order valence-corrected chi connectivity index (χ2v) is 7.43. The van der Waals surface area contributed by atoms with E-state index in [-0.39, 0.29) is 10.8 Å². The zero-order valence-corrected chi connectivity index (χ0v) is 15.4. The molecule has 0 saturated heterocycles. The largest absolute Gasteiger partial charge is 0.309 e. The van der Waals surface area contributed by atoms with Crippen LogP contribution in [0.3, 0.4) is 0 Å². The minimum atomic E-state index is -3.53. The third kappa shape index (κ3) is 4.90. The van der Waals surface area contributed by atoms with Gasteiger partial charge in [0.15, 0.2) is 0 Å². The van der Waals surface area contributed by atoms with Crippen molar-refractivity contribution < 1.29 is 13.2 Å². The molecule has 6 heteroatoms. The molecule has 1 amide bonds. The zero-order valence-electron chi connectivity index (χ0n) is 14.6. The number of unbranched alkanes of at least 4 members (excludes halogenated alkanes) is 1. The van der Waals surface area contributed by atoms with Gasteiger partial charge in [0.1, 0.15) is 0 Å². The van der Waals surface area contributed by atoms with Gasteiger partial charge in [0.05, 0.1) is 4.90 Å². The third-order valence-corrected chi connectivity index (χ3v) is 5.34. The molecule has 0 unspecified atom stereocenters. The molecular formula is C19H24N2O3S. The van der Waals surface area contributed by atoms with Gasteiger partial charge in [-0.2, -0.15) is 0 Å². The van der Waals surface area contributed by atoms with Crippen LogP contribution in [0.4, 0.5) is 5.69 Å². The smallest absolute Gasteiger partial charge is 0.258 e. The highest BCUT2D eigenvalue weighted by Gasteiger charge is 2.18. The van der Waals surface area contributed by atoms with Gasteiger partial charge in [-0.05, 0) is 49.7 Å². The van der Waals surface area contributed by atoms with Crippen LogP contribution in [0.2, 0.25) is 0 Å². The van der Waals surface area contributed by atoms with Crippen molar-refractivity contribution >= 4 is 21.6 Å². The van der Waals surface area contributed by atoms with Crippen LogP contribution in [0.25, 0.3) is 0 Å². The summed E-state index contributed by atoms with van der Waals surface area (Å²) < 4.78 is 26.9. The molecule has 134 valence electrons. The van der Waals surface area contributed by atoms with Crippen molar-refractivity contribution in [3.8, 4) is 0 Å². The van der Waals surface area contributed by atoms with Crippen LogP contribution in [0.15, 0.2) is 59.5 Å². The molecule has 0 radical (unpaired) electrons. The van der Waals surface area contributed by atoms with Crippen molar-refractivity contribution in [3.05, 3.63) is 60.2 Å². The maximum absolute atomic E-state index is 12.7. The normalized spacial score (nSPS) is 11.3. The topological polar surface area (TPSA) is 66.5 Å². The molecule has 0 fully saturated rings. The Morgan fingerprint density at radius 3 is 2.20 bits per heavy atom. The number of carbonyl (C=O) groups is 1. The van der Waals surface area contributed by atoms with E-state index < -0.39 is 10.0 Å². The van der Waals surface area contributed by atoms with Crippen LogP contribution in [-0.4, -0.2) is 27.4 Å². The predicted octanol–water partition coefficient (Wildman–Crippen LogP) is 3.43. The molecule has 0 aliphatic rings. The van der Waals surface area contributed by atoms with Crippen molar-refractivity contribution in [2.24, 2.45) is 0 Å². The van der Waals surface area contributed by atoms with Crippen LogP contribution in [0, 0.1) is 0 Å². The first-order valence-corrected chi connectivity index (χ1v) is 9.94. The summed E-state index contributed by atoms with van der Waals surface area (Å²) in [5, 5.41) is 0. The first-order chi connectivity index (χ1) is 12.0. The van der Waals surface area contributed by atoms with Gasteiger partial charge < -0.3 is 4.90 Å². The van der Waals surface area contributed by atoms with Gasteiger partial charge in [-0.3, -0.25) is 4.79 Å². The number of nitrogens with zero attached hydrogens (tertiary/aromatic N) is 1. The Balaban J connectivity index is 2.17. The Bertz CT molecular complexity index is 787. The molecule has 5 nitrogen and oxygen atoms in total. The van der Waals surface area contributed by atoms with Crippen molar-refractivity contribution in [1.29, 1.82) is 0 Å². The van der Waals surface area contributed by atoms with Crippen molar-refractivity contribution in [2.75, 3.05) is 18.0 Å². The van der Waals surface area contributed by atoms with Crippen molar-refractivity contribution in [3.63, 3.8) is 0 Å². The zero-order chi connectivity index (χ0) is 18.3. The number of benzene rings is 2. The number of hydrogen-bond acceptors (Lipinski definition) is 3. The number of carbonyl (C=O) groups excluding carboxylic acids is 1. The highest BCUT2D eigenvalue weighted by Crippen LogP contribution is 2.18. The maximum atomic E-state index is 12.7. The van der Waals surface area contributed by atoms with Crippen LogP contribution in [0.1, 0.15) is 37.0 Å². The van der Waals surface area contributed by atoms with E-state index in [0.717, 1.165) is 18.5 Å². The minimum absolute atomic E-state index is 0.156. The second kappa shape index (κ2) is 8.78. The van der Waals surface area contributed by atoms with E-state index in [0.29, 0.717) is 18.7 Å². The van der Waals surface area contributed by atoms with E-state index in [9.17, 15) is 13.2 Å². The lowest BCUT2D eigenvalue weighted by atomic mass is 10.2. The number of rotatable bonds is 8. The fraction of sp³-hybridized carbons (Fsp3) is 0.316. The lowest BCUT2D eigenvalue weighted by Crippen LogP contribution is -2.30. The van der Waals surface area contributed by atoms with Crippen LogP contribution in [0.5, 0.6) is 0 Å². The Morgan fingerprint density at radius 2 is 1.64 bits per heavy atom. The molecular weight excluding hydrogens is 336 g/mol. The van der Waals surface area contributed by atoms with Gasteiger partial charge in [0, 0.05) is 24.3 Å². The molecule has 25 heavy (non-hydrogen) atoms. The fourth-order valence-corrected chi connectivity index (χ4v) is 3.52. The standard InChI is InChI=1S/C19H24N2O3S/c1-3-5-15-20-25(23,24)18-13-11-16(12-14-18)19(22)21(4-2)17-9-7-6-8-10-17/h6-14,20H,3-5,15H2,1-2H3. The van der Waals surface area contributed by atoms with Crippen molar-refractivity contribution in [2.45, 2.75) is 31.6 Å². The summed E-state index contributed by atoms with van der Waals surface area (Å²) in [5.74, 6) is -0.156. The van der Waals surface area contributed by atoms with E-state index in [4.69, 9.17) is 0 Å². The molecule has 0 heterocycles. The van der Waals surface area contributed by atoms with E-state index in [1.807, 2.05) is 44.2 Å². The van der Waals surface area contributed by atoms with Gasteiger partial charge in [-0.15, -0.1) is 0 Å².